The van der Waals surface area contributed by atoms with Gasteiger partial charge in [0.2, 0.25) is 5.13 Å². The summed E-state index contributed by atoms with van der Waals surface area (Å²) in [7, 11) is 0. The first-order valence-electron chi connectivity index (χ1n) is 6.83. The van der Waals surface area contributed by atoms with Gasteiger partial charge in [-0.05, 0) is 32.0 Å². The molecule has 0 aromatic carbocycles. The van der Waals surface area contributed by atoms with E-state index in [-0.39, 0.29) is 5.91 Å². The third-order valence-corrected chi connectivity index (χ3v) is 4.28. The molecule has 0 saturated carbocycles. The van der Waals surface area contributed by atoms with Crippen molar-refractivity contribution in [1.29, 1.82) is 0 Å². The lowest BCUT2D eigenvalue weighted by molar-refractivity contribution is 0.0906. The van der Waals surface area contributed by atoms with Gasteiger partial charge in [-0.1, -0.05) is 11.3 Å². The average Bonchev–Trinajstić information content (AvgIpc) is 3.17. The number of hydrogen-bond acceptors (Lipinski definition) is 7. The fourth-order valence-electron chi connectivity index (χ4n) is 2.00. The van der Waals surface area contributed by atoms with Crippen molar-refractivity contribution in [3.63, 3.8) is 0 Å². The molecule has 1 amide bonds. The largest absolute Gasteiger partial charge is 0.374 e. The van der Waals surface area contributed by atoms with E-state index < -0.39 is 5.54 Å². The summed E-state index contributed by atoms with van der Waals surface area (Å²) in [6.07, 6.45) is 3.35. The van der Waals surface area contributed by atoms with Crippen LogP contribution in [-0.2, 0) is 5.54 Å². The summed E-state index contributed by atoms with van der Waals surface area (Å²) in [5.41, 5.74) is 6.83. The zero-order chi connectivity index (χ0) is 16.4. The molecule has 3 rings (SSSR count). The monoisotopic (exact) mass is 329 g/mol. The van der Waals surface area contributed by atoms with Crippen molar-refractivity contribution in [2.45, 2.75) is 19.4 Å². The molecule has 0 spiro atoms. The molecule has 3 heterocycles. The third-order valence-electron chi connectivity index (χ3n) is 3.20. The standard InChI is InChI=1S/C14H15N7OS/c1-14(2,12-20-21-13(15)23-12)17-11(22)10-7-9(18-19-10)8-3-5-16-6-4-8/h3-7H,1-2H3,(H2,15,21)(H,17,22)(H,18,19). The molecular weight excluding hydrogens is 314 g/mol. The van der Waals surface area contributed by atoms with Crippen molar-refractivity contribution < 1.29 is 4.79 Å². The zero-order valence-electron chi connectivity index (χ0n) is 12.6. The van der Waals surface area contributed by atoms with Crippen molar-refractivity contribution >= 4 is 22.4 Å². The zero-order valence-corrected chi connectivity index (χ0v) is 13.4. The van der Waals surface area contributed by atoms with Gasteiger partial charge in [-0.15, -0.1) is 10.2 Å². The number of H-pyrrole nitrogens is 1. The molecule has 8 nitrogen and oxygen atoms in total. The predicted octanol–water partition coefficient (Wildman–Crippen LogP) is 1.57. The van der Waals surface area contributed by atoms with Crippen molar-refractivity contribution in [2.24, 2.45) is 0 Å². The maximum atomic E-state index is 12.4. The molecule has 0 aliphatic heterocycles. The van der Waals surface area contributed by atoms with Crippen LogP contribution in [0.15, 0.2) is 30.6 Å². The van der Waals surface area contributed by atoms with Gasteiger partial charge in [-0.3, -0.25) is 14.9 Å². The third kappa shape index (κ3) is 3.19. The molecule has 0 aliphatic carbocycles. The van der Waals surface area contributed by atoms with Gasteiger partial charge < -0.3 is 11.1 Å². The van der Waals surface area contributed by atoms with E-state index in [0.717, 1.165) is 5.56 Å². The summed E-state index contributed by atoms with van der Waals surface area (Å²) in [4.78, 5) is 16.4. The minimum Gasteiger partial charge on any atom is -0.374 e. The van der Waals surface area contributed by atoms with E-state index in [1.807, 2.05) is 26.0 Å². The first kappa shape index (κ1) is 15.1. The molecule has 0 unspecified atom stereocenters. The minimum atomic E-state index is -0.686. The summed E-state index contributed by atoms with van der Waals surface area (Å²) in [6.45, 7) is 3.68. The Hall–Kier alpha value is -2.81. The number of rotatable bonds is 4. The molecule has 118 valence electrons. The second-order valence-electron chi connectivity index (χ2n) is 5.43. The number of nitrogens with one attached hydrogen (secondary N) is 2. The van der Waals surface area contributed by atoms with Crippen molar-refractivity contribution in [2.75, 3.05) is 5.73 Å². The molecule has 23 heavy (non-hydrogen) atoms. The highest BCUT2D eigenvalue weighted by Gasteiger charge is 2.28. The van der Waals surface area contributed by atoms with E-state index in [1.165, 1.54) is 11.3 Å². The molecule has 3 aromatic heterocycles. The number of aromatic amines is 1. The summed E-state index contributed by atoms with van der Waals surface area (Å²) in [6, 6.07) is 5.34. The average molecular weight is 329 g/mol. The van der Waals surface area contributed by atoms with Crippen LogP contribution < -0.4 is 11.1 Å². The van der Waals surface area contributed by atoms with Crippen LogP contribution in [0, 0.1) is 0 Å². The summed E-state index contributed by atoms with van der Waals surface area (Å²) < 4.78 is 0. The summed E-state index contributed by atoms with van der Waals surface area (Å²) >= 11 is 1.24. The number of aromatic nitrogens is 5. The van der Waals surface area contributed by atoms with Crippen LogP contribution in [0.3, 0.4) is 0 Å². The van der Waals surface area contributed by atoms with E-state index in [1.54, 1.807) is 18.5 Å². The Morgan fingerprint density at radius 1 is 1.30 bits per heavy atom. The Bertz CT molecular complexity index is 825. The number of nitrogen functional groups attached to an aromatic ring is 1. The molecule has 0 atom stereocenters. The van der Waals surface area contributed by atoms with Gasteiger partial charge in [-0.25, -0.2) is 0 Å². The normalized spacial score (nSPS) is 11.4. The van der Waals surface area contributed by atoms with Gasteiger partial charge in [0.15, 0.2) is 0 Å². The summed E-state index contributed by atoms with van der Waals surface area (Å²) in [5, 5.41) is 18.6. The van der Waals surface area contributed by atoms with Crippen LogP contribution in [0.1, 0.15) is 29.3 Å². The molecule has 0 aliphatic rings. The van der Waals surface area contributed by atoms with Crippen LogP contribution in [0.25, 0.3) is 11.3 Å². The Morgan fingerprint density at radius 3 is 2.70 bits per heavy atom. The Kier molecular flexibility index (Phi) is 3.78. The van der Waals surface area contributed by atoms with Crippen LogP contribution in [0.2, 0.25) is 0 Å². The van der Waals surface area contributed by atoms with Crippen molar-refractivity contribution in [1.82, 2.24) is 30.7 Å². The SMILES string of the molecule is CC(C)(NC(=O)c1cc(-c2ccncc2)n[nH]1)c1nnc(N)s1. The number of anilines is 1. The van der Waals surface area contributed by atoms with Crippen LogP contribution in [0.5, 0.6) is 0 Å². The Labute approximate surface area is 136 Å². The van der Waals surface area contributed by atoms with Crippen LogP contribution >= 0.6 is 11.3 Å². The van der Waals surface area contributed by atoms with Crippen molar-refractivity contribution in [3.05, 3.63) is 41.3 Å². The number of pyridine rings is 1. The highest BCUT2D eigenvalue weighted by molar-refractivity contribution is 7.15. The van der Waals surface area contributed by atoms with Crippen molar-refractivity contribution in [3.8, 4) is 11.3 Å². The Morgan fingerprint density at radius 2 is 2.04 bits per heavy atom. The summed E-state index contributed by atoms with van der Waals surface area (Å²) in [5.74, 6) is -0.281. The molecular formula is C14H15N7OS. The molecule has 0 bridgehead atoms. The van der Waals surface area contributed by atoms with Gasteiger partial charge >= 0.3 is 0 Å². The molecule has 0 fully saturated rings. The number of carbonyl (C=O) groups is 1. The number of hydrogen-bond donors (Lipinski definition) is 3. The van der Waals surface area contributed by atoms with Gasteiger partial charge in [0.25, 0.3) is 5.91 Å². The first-order valence-corrected chi connectivity index (χ1v) is 7.65. The lowest BCUT2D eigenvalue weighted by atomic mass is 10.1. The van der Waals surface area contributed by atoms with E-state index in [9.17, 15) is 4.79 Å². The molecule has 4 N–H and O–H groups in total. The molecule has 0 saturated heterocycles. The fraction of sp³-hybridized carbons (Fsp3) is 0.214. The van der Waals surface area contributed by atoms with Crippen LogP contribution in [-0.4, -0.2) is 31.3 Å². The molecule has 3 aromatic rings. The van der Waals surface area contributed by atoms with E-state index in [4.69, 9.17) is 5.73 Å². The number of carbonyl (C=O) groups excluding carboxylic acids is 1. The van der Waals surface area contributed by atoms with Gasteiger partial charge in [0.05, 0.1) is 11.2 Å². The number of amides is 1. The molecule has 0 radical (unpaired) electrons. The lowest BCUT2D eigenvalue weighted by Crippen LogP contribution is -2.41. The van der Waals surface area contributed by atoms with Crippen LogP contribution in [0.4, 0.5) is 5.13 Å². The number of nitrogens with zero attached hydrogens (tertiary/aromatic N) is 4. The molecule has 9 heteroatoms. The maximum absolute atomic E-state index is 12.4. The van der Waals surface area contributed by atoms with Gasteiger partial charge in [0, 0.05) is 18.0 Å². The van der Waals surface area contributed by atoms with E-state index in [2.05, 4.69) is 30.7 Å². The predicted molar refractivity (Wildman–Crippen MR) is 86.6 cm³/mol. The second-order valence-corrected chi connectivity index (χ2v) is 6.44. The van der Waals surface area contributed by atoms with E-state index in [0.29, 0.717) is 21.5 Å². The van der Waals surface area contributed by atoms with Gasteiger partial charge in [0.1, 0.15) is 10.7 Å². The maximum Gasteiger partial charge on any atom is 0.270 e. The second kappa shape index (κ2) is 5.76. The minimum absolute atomic E-state index is 0.281. The fourth-order valence-corrected chi connectivity index (χ4v) is 2.67. The smallest absolute Gasteiger partial charge is 0.270 e. The first-order chi connectivity index (χ1) is 11.0. The lowest BCUT2D eigenvalue weighted by Gasteiger charge is -2.22. The highest BCUT2D eigenvalue weighted by atomic mass is 32.1. The topological polar surface area (TPSA) is 122 Å². The quantitative estimate of drug-likeness (QED) is 0.668. The highest BCUT2D eigenvalue weighted by Crippen LogP contribution is 2.25. The Balaban J connectivity index is 1.78. The number of nitrogens with two attached hydrogens (primary N) is 1. The van der Waals surface area contributed by atoms with E-state index >= 15 is 0 Å². The van der Waals surface area contributed by atoms with Gasteiger partial charge in [-0.2, -0.15) is 5.10 Å².